The zero-order valence-electron chi connectivity index (χ0n) is 11.7. The first kappa shape index (κ1) is 15.3. The van der Waals surface area contributed by atoms with Gasteiger partial charge in [-0.25, -0.2) is 0 Å². The van der Waals surface area contributed by atoms with Crippen LogP contribution in [0.15, 0.2) is 28.6 Å². The van der Waals surface area contributed by atoms with Crippen LogP contribution in [0.4, 0.5) is 0 Å². The number of rotatable bonds is 6. The van der Waals surface area contributed by atoms with Gasteiger partial charge in [0, 0.05) is 6.42 Å². The monoisotopic (exact) mass is 267 g/mol. The Morgan fingerprint density at radius 2 is 2.21 bits per heavy atom. The predicted molar refractivity (Wildman–Crippen MR) is 72.0 cm³/mol. The summed E-state index contributed by atoms with van der Waals surface area (Å²) >= 11 is 0. The highest BCUT2D eigenvalue weighted by Crippen LogP contribution is 2.25. The lowest BCUT2D eigenvalue weighted by Gasteiger charge is -2.19. The molecule has 0 spiro atoms. The molecule has 106 valence electrons. The SMILES string of the molecule is CCOC(=O)C(CC)CC1=CC=C(OC)/C(=N\O)C1. The lowest BCUT2D eigenvalue weighted by Crippen LogP contribution is -2.19. The van der Waals surface area contributed by atoms with Crippen molar-refractivity contribution in [2.45, 2.75) is 33.1 Å². The summed E-state index contributed by atoms with van der Waals surface area (Å²) in [6, 6.07) is 0. The smallest absolute Gasteiger partial charge is 0.309 e. The molecule has 0 fully saturated rings. The summed E-state index contributed by atoms with van der Waals surface area (Å²) in [7, 11) is 1.53. The van der Waals surface area contributed by atoms with Gasteiger partial charge in [0.05, 0.1) is 19.6 Å². The molecular formula is C14H21NO4. The van der Waals surface area contributed by atoms with Gasteiger partial charge in [-0.05, 0) is 25.8 Å². The lowest BCUT2D eigenvalue weighted by atomic mass is 9.91. The number of nitrogens with zero attached hydrogens (tertiary/aromatic N) is 1. The van der Waals surface area contributed by atoms with E-state index in [0.717, 1.165) is 12.0 Å². The van der Waals surface area contributed by atoms with Crippen molar-refractivity contribution in [2.75, 3.05) is 13.7 Å². The average Bonchev–Trinajstić information content (AvgIpc) is 2.44. The average molecular weight is 267 g/mol. The summed E-state index contributed by atoms with van der Waals surface area (Å²) in [6.45, 7) is 4.16. The maximum absolute atomic E-state index is 11.8. The quantitative estimate of drug-likeness (QED) is 0.456. The number of ether oxygens (including phenoxy) is 2. The van der Waals surface area contributed by atoms with Crippen molar-refractivity contribution in [1.82, 2.24) is 0 Å². The van der Waals surface area contributed by atoms with Gasteiger partial charge in [-0.1, -0.05) is 23.7 Å². The van der Waals surface area contributed by atoms with Gasteiger partial charge in [0.15, 0.2) is 0 Å². The van der Waals surface area contributed by atoms with Crippen molar-refractivity contribution in [3.8, 4) is 0 Å². The molecular weight excluding hydrogens is 246 g/mol. The summed E-state index contributed by atoms with van der Waals surface area (Å²) in [5.74, 6) is 0.231. The van der Waals surface area contributed by atoms with Crippen LogP contribution in [-0.2, 0) is 14.3 Å². The van der Waals surface area contributed by atoms with Crippen molar-refractivity contribution in [3.05, 3.63) is 23.5 Å². The molecule has 0 aromatic carbocycles. The number of oxime groups is 1. The number of hydrogen-bond donors (Lipinski definition) is 1. The molecule has 1 unspecified atom stereocenters. The normalized spacial score (nSPS) is 18.6. The molecule has 19 heavy (non-hydrogen) atoms. The van der Waals surface area contributed by atoms with Gasteiger partial charge in [0.2, 0.25) is 0 Å². The topological polar surface area (TPSA) is 68.1 Å². The maximum atomic E-state index is 11.8. The van der Waals surface area contributed by atoms with E-state index < -0.39 is 0 Å². The van der Waals surface area contributed by atoms with Crippen LogP contribution in [0.2, 0.25) is 0 Å². The van der Waals surface area contributed by atoms with Gasteiger partial charge in [-0.3, -0.25) is 4.79 Å². The summed E-state index contributed by atoms with van der Waals surface area (Å²) in [5.41, 5.74) is 1.52. The number of carbonyl (C=O) groups is 1. The minimum Gasteiger partial charge on any atom is -0.495 e. The Kier molecular flexibility index (Phi) is 6.12. The van der Waals surface area contributed by atoms with Gasteiger partial charge in [0.1, 0.15) is 11.5 Å². The van der Waals surface area contributed by atoms with Gasteiger partial charge in [-0.2, -0.15) is 0 Å². The molecule has 1 aliphatic rings. The third-order valence-corrected chi connectivity index (χ3v) is 3.11. The standard InChI is InChI=1S/C14H21NO4/c1-4-11(14(16)19-5-2)8-10-6-7-13(18-3)12(9-10)15-17/h6-7,11,17H,4-5,8-9H2,1-3H3/b15-12-. The van der Waals surface area contributed by atoms with Crippen LogP contribution in [-0.4, -0.2) is 30.6 Å². The van der Waals surface area contributed by atoms with Crippen molar-refractivity contribution in [2.24, 2.45) is 11.1 Å². The molecule has 0 saturated heterocycles. The number of allylic oxidation sites excluding steroid dienone is 4. The van der Waals surface area contributed by atoms with E-state index in [1.165, 1.54) is 7.11 Å². The highest BCUT2D eigenvalue weighted by atomic mass is 16.5. The Bertz CT molecular complexity index is 410. The molecule has 5 heteroatoms. The Labute approximate surface area is 113 Å². The molecule has 0 radical (unpaired) electrons. The second-order valence-corrected chi connectivity index (χ2v) is 4.34. The number of esters is 1. The predicted octanol–water partition coefficient (Wildman–Crippen LogP) is 2.66. The van der Waals surface area contributed by atoms with E-state index in [2.05, 4.69) is 5.16 Å². The van der Waals surface area contributed by atoms with E-state index in [1.54, 1.807) is 13.0 Å². The summed E-state index contributed by atoms with van der Waals surface area (Å²) in [4.78, 5) is 11.8. The Hall–Kier alpha value is -1.78. The first-order valence-electron chi connectivity index (χ1n) is 6.47. The van der Waals surface area contributed by atoms with Crippen molar-refractivity contribution < 1.29 is 19.5 Å². The second-order valence-electron chi connectivity index (χ2n) is 4.34. The van der Waals surface area contributed by atoms with Crippen LogP contribution < -0.4 is 0 Å². The van der Waals surface area contributed by atoms with Crippen LogP contribution in [0.25, 0.3) is 0 Å². The Morgan fingerprint density at radius 1 is 1.47 bits per heavy atom. The van der Waals surface area contributed by atoms with Gasteiger partial charge < -0.3 is 14.7 Å². The first-order valence-corrected chi connectivity index (χ1v) is 6.47. The van der Waals surface area contributed by atoms with Crippen molar-refractivity contribution in [1.29, 1.82) is 0 Å². The van der Waals surface area contributed by atoms with Gasteiger partial charge in [-0.15, -0.1) is 0 Å². The molecule has 1 aliphatic carbocycles. The third kappa shape index (κ3) is 4.12. The maximum Gasteiger partial charge on any atom is 0.309 e. The molecule has 0 aromatic heterocycles. The molecule has 1 atom stereocenters. The summed E-state index contributed by atoms with van der Waals surface area (Å²) in [5, 5.41) is 12.2. The molecule has 1 N–H and O–H groups in total. The Balaban J connectivity index is 2.74. The van der Waals surface area contributed by atoms with Gasteiger partial charge in [0.25, 0.3) is 0 Å². The zero-order valence-corrected chi connectivity index (χ0v) is 11.7. The number of carbonyl (C=O) groups excluding carboxylic acids is 1. The fourth-order valence-electron chi connectivity index (χ4n) is 2.03. The minimum absolute atomic E-state index is 0.149. The highest BCUT2D eigenvalue weighted by Gasteiger charge is 2.22. The fraction of sp³-hybridized carbons (Fsp3) is 0.571. The van der Waals surface area contributed by atoms with E-state index in [-0.39, 0.29) is 11.9 Å². The third-order valence-electron chi connectivity index (χ3n) is 3.11. The van der Waals surface area contributed by atoms with Crippen LogP contribution in [0.5, 0.6) is 0 Å². The first-order chi connectivity index (χ1) is 9.15. The molecule has 1 rings (SSSR count). The second kappa shape index (κ2) is 7.61. The van der Waals surface area contributed by atoms with Crippen molar-refractivity contribution >= 4 is 11.7 Å². The Morgan fingerprint density at radius 3 is 2.74 bits per heavy atom. The molecule has 0 aromatic rings. The lowest BCUT2D eigenvalue weighted by molar-refractivity contribution is -0.148. The van der Waals surface area contributed by atoms with Crippen LogP contribution in [0.3, 0.4) is 0 Å². The van der Waals surface area contributed by atoms with E-state index >= 15 is 0 Å². The molecule has 0 amide bonds. The van der Waals surface area contributed by atoms with Crippen molar-refractivity contribution in [3.63, 3.8) is 0 Å². The minimum atomic E-state index is -0.171. The van der Waals surface area contributed by atoms with E-state index in [4.69, 9.17) is 14.7 Å². The van der Waals surface area contributed by atoms with Crippen LogP contribution in [0.1, 0.15) is 33.1 Å². The van der Waals surface area contributed by atoms with E-state index in [1.807, 2.05) is 13.0 Å². The fourth-order valence-corrected chi connectivity index (χ4v) is 2.03. The van der Waals surface area contributed by atoms with Gasteiger partial charge >= 0.3 is 5.97 Å². The number of hydrogen-bond acceptors (Lipinski definition) is 5. The van der Waals surface area contributed by atoms with Crippen LogP contribution in [0, 0.1) is 5.92 Å². The molecule has 0 aliphatic heterocycles. The zero-order chi connectivity index (χ0) is 14.3. The number of methoxy groups -OCH3 is 1. The van der Waals surface area contributed by atoms with Crippen LogP contribution >= 0.6 is 0 Å². The molecule has 5 nitrogen and oxygen atoms in total. The largest absolute Gasteiger partial charge is 0.495 e. The molecule has 0 heterocycles. The molecule has 0 saturated carbocycles. The highest BCUT2D eigenvalue weighted by molar-refractivity contribution is 6.00. The summed E-state index contributed by atoms with van der Waals surface area (Å²) < 4.78 is 10.1. The van der Waals surface area contributed by atoms with E-state index in [0.29, 0.717) is 30.9 Å². The van der Waals surface area contributed by atoms with E-state index in [9.17, 15) is 4.79 Å². The molecule has 0 bridgehead atoms. The summed E-state index contributed by atoms with van der Waals surface area (Å²) in [6.07, 6.45) is 5.50.